The zero-order valence-electron chi connectivity index (χ0n) is 16.9. The maximum atomic E-state index is 13.0. The van der Waals surface area contributed by atoms with Gasteiger partial charge < -0.3 is 15.3 Å². The average Bonchev–Trinajstić information content (AvgIpc) is 3.22. The molecule has 1 unspecified atom stereocenters. The minimum atomic E-state index is -0.962. The Kier molecular flexibility index (Phi) is 7.97. The van der Waals surface area contributed by atoms with Crippen LogP contribution < -0.4 is 5.32 Å². The van der Waals surface area contributed by atoms with Crippen LogP contribution >= 0.6 is 0 Å². The van der Waals surface area contributed by atoms with Crippen molar-refractivity contribution in [1.29, 1.82) is 0 Å². The highest BCUT2D eigenvalue weighted by Crippen LogP contribution is 2.14. The summed E-state index contributed by atoms with van der Waals surface area (Å²) in [4.78, 5) is 30.9. The number of carboxylic acid groups (broad SMARTS) is 1. The van der Waals surface area contributed by atoms with Crippen LogP contribution in [0.4, 0.5) is 10.1 Å². The van der Waals surface area contributed by atoms with E-state index < -0.39 is 11.9 Å². The summed E-state index contributed by atoms with van der Waals surface area (Å²) in [7, 11) is 0. The van der Waals surface area contributed by atoms with E-state index in [2.05, 4.69) is 20.0 Å². The van der Waals surface area contributed by atoms with Crippen LogP contribution in [-0.4, -0.2) is 90.6 Å². The summed E-state index contributed by atoms with van der Waals surface area (Å²) < 4.78 is 13.0. The first-order valence-electron chi connectivity index (χ1n) is 10.4. The molecule has 7 nitrogen and oxygen atoms in total. The summed E-state index contributed by atoms with van der Waals surface area (Å²) in [6.07, 6.45) is 2.51. The predicted molar refractivity (Wildman–Crippen MR) is 109 cm³/mol. The van der Waals surface area contributed by atoms with E-state index in [0.29, 0.717) is 12.2 Å². The van der Waals surface area contributed by atoms with E-state index in [-0.39, 0.29) is 18.1 Å². The minimum Gasteiger partial charge on any atom is -0.481 e. The van der Waals surface area contributed by atoms with E-state index in [4.69, 9.17) is 0 Å². The molecule has 3 rings (SSSR count). The highest BCUT2D eigenvalue weighted by atomic mass is 19.1. The molecule has 1 amide bonds. The molecule has 0 spiro atoms. The number of piperazine rings is 1. The van der Waals surface area contributed by atoms with Crippen LogP contribution in [-0.2, 0) is 9.59 Å². The quantitative estimate of drug-likeness (QED) is 0.648. The third-order valence-corrected chi connectivity index (χ3v) is 5.78. The zero-order valence-corrected chi connectivity index (χ0v) is 16.9. The lowest BCUT2D eigenvalue weighted by Gasteiger charge is -2.36. The standard InChI is InChI=1S/C21H31FN4O3/c22-18-3-5-19(6-4-18)23-20(27)15-17(21(28)29)16-26-13-11-25(12-14-26)10-9-24-7-1-2-8-24/h3-6,17H,1-2,7-16H2,(H,23,27)(H,28,29). The van der Waals surface area contributed by atoms with Gasteiger partial charge in [0.1, 0.15) is 5.82 Å². The molecule has 0 saturated carbocycles. The number of carbonyl (C=O) groups is 2. The largest absolute Gasteiger partial charge is 0.481 e. The number of rotatable bonds is 9. The minimum absolute atomic E-state index is 0.0954. The van der Waals surface area contributed by atoms with Gasteiger partial charge in [-0.25, -0.2) is 4.39 Å². The second-order valence-electron chi connectivity index (χ2n) is 7.99. The van der Waals surface area contributed by atoms with Crippen LogP contribution in [0.5, 0.6) is 0 Å². The molecule has 1 atom stereocenters. The zero-order chi connectivity index (χ0) is 20.6. The molecule has 2 N–H and O–H groups in total. The number of carbonyl (C=O) groups excluding carboxylic acids is 1. The second-order valence-corrected chi connectivity index (χ2v) is 7.99. The molecular formula is C21H31FN4O3. The highest BCUT2D eigenvalue weighted by Gasteiger charge is 2.26. The van der Waals surface area contributed by atoms with Crippen LogP contribution in [0.25, 0.3) is 0 Å². The van der Waals surface area contributed by atoms with Gasteiger partial charge in [-0.2, -0.15) is 0 Å². The van der Waals surface area contributed by atoms with Crippen molar-refractivity contribution in [1.82, 2.24) is 14.7 Å². The first kappa shape index (κ1) is 21.7. The molecule has 2 aliphatic rings. The van der Waals surface area contributed by atoms with Crippen LogP contribution in [0.2, 0.25) is 0 Å². The lowest BCUT2D eigenvalue weighted by molar-refractivity contribution is -0.144. The van der Waals surface area contributed by atoms with Crippen LogP contribution in [0.1, 0.15) is 19.3 Å². The number of hydrogen-bond donors (Lipinski definition) is 2. The van der Waals surface area contributed by atoms with E-state index in [1.54, 1.807) is 0 Å². The van der Waals surface area contributed by atoms with Gasteiger partial charge in [-0.05, 0) is 50.2 Å². The lowest BCUT2D eigenvalue weighted by atomic mass is 10.0. The number of benzene rings is 1. The van der Waals surface area contributed by atoms with Gasteiger partial charge in [-0.15, -0.1) is 0 Å². The Bertz CT molecular complexity index is 671. The van der Waals surface area contributed by atoms with Gasteiger partial charge in [-0.1, -0.05) is 0 Å². The molecule has 2 heterocycles. The molecule has 2 saturated heterocycles. The van der Waals surface area contributed by atoms with Gasteiger partial charge in [0, 0.05) is 57.9 Å². The summed E-state index contributed by atoms with van der Waals surface area (Å²) in [6, 6.07) is 5.44. The maximum absolute atomic E-state index is 13.0. The van der Waals surface area contributed by atoms with Crippen molar-refractivity contribution >= 4 is 17.6 Å². The van der Waals surface area contributed by atoms with Gasteiger partial charge in [0.25, 0.3) is 0 Å². The van der Waals surface area contributed by atoms with Crippen molar-refractivity contribution in [2.24, 2.45) is 5.92 Å². The molecule has 1 aromatic carbocycles. The van der Waals surface area contributed by atoms with Crippen LogP contribution in [0.3, 0.4) is 0 Å². The smallest absolute Gasteiger partial charge is 0.308 e. The Morgan fingerprint density at radius 3 is 2.07 bits per heavy atom. The van der Waals surface area contributed by atoms with Gasteiger partial charge in [0.2, 0.25) is 5.91 Å². The maximum Gasteiger partial charge on any atom is 0.308 e. The van der Waals surface area contributed by atoms with Crippen molar-refractivity contribution in [2.75, 3.05) is 64.2 Å². The number of aliphatic carboxylic acids is 1. The van der Waals surface area contributed by atoms with Crippen LogP contribution in [0.15, 0.2) is 24.3 Å². The molecule has 29 heavy (non-hydrogen) atoms. The summed E-state index contributed by atoms with van der Waals surface area (Å²) >= 11 is 0. The molecule has 8 heteroatoms. The van der Waals surface area contributed by atoms with E-state index >= 15 is 0 Å². The number of carboxylic acids is 1. The topological polar surface area (TPSA) is 76.1 Å². The van der Waals surface area contributed by atoms with E-state index in [1.165, 1.54) is 50.2 Å². The molecule has 1 aromatic rings. The number of nitrogens with zero attached hydrogens (tertiary/aromatic N) is 3. The number of likely N-dealkylation sites (tertiary alicyclic amines) is 1. The summed E-state index contributed by atoms with van der Waals surface area (Å²) in [5, 5.41) is 12.2. The number of nitrogens with one attached hydrogen (secondary N) is 1. The first-order chi connectivity index (χ1) is 14.0. The molecule has 0 bridgehead atoms. The Balaban J connectivity index is 1.40. The fraction of sp³-hybridized carbons (Fsp3) is 0.619. The van der Waals surface area contributed by atoms with Crippen LogP contribution in [0, 0.1) is 11.7 Å². The number of hydrogen-bond acceptors (Lipinski definition) is 5. The molecule has 0 aromatic heterocycles. The Morgan fingerprint density at radius 2 is 1.48 bits per heavy atom. The molecule has 0 aliphatic carbocycles. The van der Waals surface area contributed by atoms with Crippen molar-refractivity contribution in [3.8, 4) is 0 Å². The van der Waals surface area contributed by atoms with Gasteiger partial charge in [-0.3, -0.25) is 19.4 Å². The van der Waals surface area contributed by atoms with E-state index in [1.807, 2.05) is 0 Å². The number of anilines is 1. The van der Waals surface area contributed by atoms with Gasteiger partial charge in [0.05, 0.1) is 5.92 Å². The predicted octanol–water partition coefficient (Wildman–Crippen LogP) is 1.57. The third-order valence-electron chi connectivity index (χ3n) is 5.78. The van der Waals surface area contributed by atoms with Gasteiger partial charge >= 0.3 is 5.97 Å². The van der Waals surface area contributed by atoms with E-state index in [0.717, 1.165) is 39.3 Å². The lowest BCUT2D eigenvalue weighted by Crippen LogP contribution is -2.50. The fourth-order valence-electron chi connectivity index (χ4n) is 4.00. The number of amides is 1. The Labute approximate surface area is 171 Å². The summed E-state index contributed by atoms with van der Waals surface area (Å²) in [5.74, 6) is -2.47. The van der Waals surface area contributed by atoms with E-state index in [9.17, 15) is 19.1 Å². The van der Waals surface area contributed by atoms with Crippen molar-refractivity contribution in [2.45, 2.75) is 19.3 Å². The molecule has 2 fully saturated rings. The third kappa shape index (κ3) is 7.06. The Morgan fingerprint density at radius 1 is 0.931 bits per heavy atom. The fourth-order valence-corrected chi connectivity index (χ4v) is 4.00. The number of halogens is 1. The average molecular weight is 407 g/mol. The first-order valence-corrected chi connectivity index (χ1v) is 10.4. The second kappa shape index (κ2) is 10.7. The Hall–Kier alpha value is -2.03. The monoisotopic (exact) mass is 406 g/mol. The molecule has 2 aliphatic heterocycles. The molecule has 160 valence electrons. The van der Waals surface area contributed by atoms with Gasteiger partial charge in [0.15, 0.2) is 0 Å². The highest BCUT2D eigenvalue weighted by molar-refractivity contribution is 5.93. The molecular weight excluding hydrogens is 375 g/mol. The molecule has 0 radical (unpaired) electrons. The van der Waals surface area contributed by atoms with Crippen molar-refractivity contribution < 1.29 is 19.1 Å². The SMILES string of the molecule is O=C(CC(CN1CCN(CCN2CCCC2)CC1)C(=O)O)Nc1ccc(F)cc1. The summed E-state index contributed by atoms with van der Waals surface area (Å²) in [6.45, 7) is 8.47. The normalized spacial score (nSPS) is 19.9. The summed E-state index contributed by atoms with van der Waals surface area (Å²) in [5.41, 5.74) is 0.465. The van der Waals surface area contributed by atoms with Crippen molar-refractivity contribution in [3.63, 3.8) is 0 Å². The van der Waals surface area contributed by atoms with Crippen molar-refractivity contribution in [3.05, 3.63) is 30.1 Å².